The van der Waals surface area contributed by atoms with Crippen LogP contribution in [0.25, 0.3) is 0 Å². The van der Waals surface area contributed by atoms with Crippen LogP contribution >= 0.6 is 0 Å². The number of likely N-dealkylation sites (tertiary alicyclic amines) is 1. The van der Waals surface area contributed by atoms with Crippen LogP contribution < -0.4 is 25.4 Å². The molecule has 5 rings (SSSR count). The minimum absolute atomic E-state index is 0.198. The maximum Gasteiger partial charge on any atom is 0.231 e. The van der Waals surface area contributed by atoms with E-state index in [-0.39, 0.29) is 18.6 Å². The lowest BCUT2D eigenvalue weighted by molar-refractivity contribution is 0.174. The fourth-order valence-corrected chi connectivity index (χ4v) is 3.71. The van der Waals surface area contributed by atoms with Crippen molar-refractivity contribution in [1.29, 1.82) is 0 Å². The van der Waals surface area contributed by atoms with E-state index in [1.165, 1.54) is 12.1 Å². The lowest BCUT2D eigenvalue weighted by Gasteiger charge is -2.38. The zero-order chi connectivity index (χ0) is 19.8. The lowest BCUT2D eigenvalue weighted by atomic mass is 10.2. The number of anilines is 2. The van der Waals surface area contributed by atoms with E-state index in [1.54, 1.807) is 12.1 Å². The van der Waals surface area contributed by atoms with Gasteiger partial charge >= 0.3 is 0 Å². The molecule has 29 heavy (non-hydrogen) atoms. The summed E-state index contributed by atoms with van der Waals surface area (Å²) in [5, 5.41) is 3.38. The number of benzene rings is 2. The second kappa shape index (κ2) is 7.16. The molecule has 2 aromatic carbocycles. The molecule has 0 radical (unpaired) electrons. The number of guanidine groups is 2. The Morgan fingerprint density at radius 1 is 1.03 bits per heavy atom. The van der Waals surface area contributed by atoms with E-state index in [0.717, 1.165) is 37.3 Å². The van der Waals surface area contributed by atoms with Crippen LogP contribution in [0, 0.1) is 5.82 Å². The summed E-state index contributed by atoms with van der Waals surface area (Å²) in [5.41, 5.74) is 7.62. The molecule has 0 saturated carbocycles. The third kappa shape index (κ3) is 3.39. The van der Waals surface area contributed by atoms with E-state index < -0.39 is 6.29 Å². The topological polar surface area (TPSA) is 87.7 Å². The third-order valence-corrected chi connectivity index (χ3v) is 5.09. The summed E-state index contributed by atoms with van der Waals surface area (Å²) >= 11 is 0. The summed E-state index contributed by atoms with van der Waals surface area (Å²) in [6.45, 7) is 1.99. The molecule has 8 nitrogen and oxygen atoms in total. The molecule has 0 spiro atoms. The van der Waals surface area contributed by atoms with E-state index in [9.17, 15) is 4.39 Å². The van der Waals surface area contributed by atoms with E-state index in [4.69, 9.17) is 15.2 Å². The van der Waals surface area contributed by atoms with Gasteiger partial charge in [0.15, 0.2) is 11.5 Å². The first-order valence-corrected chi connectivity index (χ1v) is 9.55. The van der Waals surface area contributed by atoms with Crippen molar-refractivity contribution in [3.8, 4) is 11.5 Å². The number of aliphatic imine (C=N–C) groups is 2. The Kier molecular flexibility index (Phi) is 4.34. The van der Waals surface area contributed by atoms with Crippen molar-refractivity contribution in [2.75, 3.05) is 30.1 Å². The first-order valence-electron chi connectivity index (χ1n) is 9.55. The van der Waals surface area contributed by atoms with Gasteiger partial charge < -0.3 is 25.4 Å². The van der Waals surface area contributed by atoms with Crippen LogP contribution in [0.3, 0.4) is 0 Å². The Labute approximate surface area is 167 Å². The molecule has 150 valence electrons. The largest absolute Gasteiger partial charge is 0.454 e. The average Bonchev–Trinajstić information content (AvgIpc) is 3.40. The fraction of sp³-hybridized carbons (Fsp3) is 0.300. The van der Waals surface area contributed by atoms with Crippen LogP contribution in [0.15, 0.2) is 52.4 Å². The van der Waals surface area contributed by atoms with Gasteiger partial charge in [0, 0.05) is 30.5 Å². The lowest BCUT2D eigenvalue weighted by Crippen LogP contribution is -2.54. The van der Waals surface area contributed by atoms with Crippen LogP contribution in [0.2, 0.25) is 0 Å². The Balaban J connectivity index is 1.51. The zero-order valence-electron chi connectivity index (χ0n) is 15.7. The van der Waals surface area contributed by atoms with Gasteiger partial charge in [-0.05, 0) is 49.2 Å². The van der Waals surface area contributed by atoms with Gasteiger partial charge in [-0.15, -0.1) is 0 Å². The van der Waals surface area contributed by atoms with Crippen LogP contribution in [0.5, 0.6) is 11.5 Å². The van der Waals surface area contributed by atoms with Crippen molar-refractivity contribution in [3.63, 3.8) is 0 Å². The molecule has 1 unspecified atom stereocenters. The number of hydrogen-bond donors (Lipinski definition) is 2. The molecule has 0 aromatic heterocycles. The van der Waals surface area contributed by atoms with Crippen molar-refractivity contribution in [1.82, 2.24) is 4.90 Å². The van der Waals surface area contributed by atoms with E-state index in [0.29, 0.717) is 17.5 Å². The second-order valence-corrected chi connectivity index (χ2v) is 7.03. The molecule has 3 aliphatic rings. The van der Waals surface area contributed by atoms with Crippen LogP contribution in [-0.2, 0) is 0 Å². The smallest absolute Gasteiger partial charge is 0.231 e. The van der Waals surface area contributed by atoms with Crippen molar-refractivity contribution in [2.45, 2.75) is 19.1 Å². The summed E-state index contributed by atoms with van der Waals surface area (Å²) in [6.07, 6.45) is 1.63. The molecule has 9 heteroatoms. The van der Waals surface area contributed by atoms with Gasteiger partial charge in [-0.2, -0.15) is 4.99 Å². The van der Waals surface area contributed by atoms with Gasteiger partial charge in [-0.3, -0.25) is 4.90 Å². The molecular formula is C20H21FN6O2. The highest BCUT2D eigenvalue weighted by molar-refractivity contribution is 6.06. The highest BCUT2D eigenvalue weighted by Gasteiger charge is 2.32. The molecule has 3 N–H and O–H groups in total. The number of nitrogens with two attached hydrogens (primary N) is 1. The maximum atomic E-state index is 13.5. The number of halogens is 1. The van der Waals surface area contributed by atoms with Crippen LogP contribution in [0.4, 0.5) is 15.8 Å². The first kappa shape index (κ1) is 17.6. The monoisotopic (exact) mass is 396 g/mol. The Hall–Kier alpha value is -3.49. The number of rotatable bonds is 3. The van der Waals surface area contributed by atoms with Crippen molar-refractivity contribution >= 4 is 23.3 Å². The van der Waals surface area contributed by atoms with Gasteiger partial charge in [0.05, 0.1) is 0 Å². The highest BCUT2D eigenvalue weighted by Crippen LogP contribution is 2.35. The SMILES string of the molecule is NC1=NC(Nc2ccc3c(c2)OCO3)N(c2ccc(F)cc2)C(N2CCCC2)=N1. The van der Waals surface area contributed by atoms with Crippen molar-refractivity contribution < 1.29 is 13.9 Å². The van der Waals surface area contributed by atoms with Gasteiger partial charge in [0.1, 0.15) is 5.82 Å². The molecule has 0 aliphatic carbocycles. The summed E-state index contributed by atoms with van der Waals surface area (Å²) in [5.74, 6) is 1.98. The normalized spacial score (nSPS) is 20.5. The number of ether oxygens (including phenoxy) is 2. The highest BCUT2D eigenvalue weighted by atomic mass is 19.1. The minimum Gasteiger partial charge on any atom is -0.454 e. The predicted molar refractivity (Wildman–Crippen MR) is 109 cm³/mol. The Morgan fingerprint density at radius 3 is 2.59 bits per heavy atom. The van der Waals surface area contributed by atoms with Crippen LogP contribution in [0.1, 0.15) is 12.8 Å². The molecule has 1 fully saturated rings. The number of nitrogens with one attached hydrogen (secondary N) is 1. The Bertz CT molecular complexity index is 971. The summed E-state index contributed by atoms with van der Waals surface area (Å²) in [6, 6.07) is 11.9. The average molecular weight is 396 g/mol. The maximum absolute atomic E-state index is 13.5. The fourth-order valence-electron chi connectivity index (χ4n) is 3.71. The van der Waals surface area contributed by atoms with E-state index in [1.807, 2.05) is 23.1 Å². The zero-order valence-corrected chi connectivity index (χ0v) is 15.7. The summed E-state index contributed by atoms with van der Waals surface area (Å²) in [7, 11) is 0. The number of nitrogens with zero attached hydrogens (tertiary/aromatic N) is 4. The molecular weight excluding hydrogens is 375 g/mol. The van der Waals surface area contributed by atoms with Crippen LogP contribution in [-0.4, -0.2) is 43.0 Å². The Morgan fingerprint density at radius 2 is 1.79 bits per heavy atom. The summed E-state index contributed by atoms with van der Waals surface area (Å²) < 4.78 is 24.4. The first-order chi connectivity index (χ1) is 14.2. The van der Waals surface area contributed by atoms with Crippen molar-refractivity contribution in [2.24, 2.45) is 15.7 Å². The molecule has 3 heterocycles. The predicted octanol–water partition coefficient (Wildman–Crippen LogP) is 2.54. The molecule has 2 aromatic rings. The minimum atomic E-state index is -0.547. The van der Waals surface area contributed by atoms with Gasteiger partial charge in [0.2, 0.25) is 25.0 Å². The number of hydrogen-bond acceptors (Lipinski definition) is 8. The molecule has 3 aliphatic heterocycles. The summed E-state index contributed by atoms with van der Waals surface area (Å²) in [4.78, 5) is 13.1. The number of fused-ring (bicyclic) bond motifs is 1. The molecule has 1 atom stereocenters. The molecule has 0 bridgehead atoms. The van der Waals surface area contributed by atoms with Gasteiger partial charge in [-0.25, -0.2) is 9.38 Å². The molecule has 0 amide bonds. The quantitative estimate of drug-likeness (QED) is 0.829. The standard InChI is InChI=1S/C20H21FN6O2/c21-13-3-6-15(7-4-13)27-19(23-14-5-8-16-17(11-14)29-12-28-16)24-18(22)25-20(27)26-9-1-2-10-26/h3-8,11,19,23H,1-2,9-10,12H2,(H2,22,24). The van der Waals surface area contributed by atoms with E-state index >= 15 is 0 Å². The van der Waals surface area contributed by atoms with Gasteiger partial charge in [-0.1, -0.05) is 0 Å². The molecule has 1 saturated heterocycles. The van der Waals surface area contributed by atoms with E-state index in [2.05, 4.69) is 20.2 Å². The third-order valence-electron chi connectivity index (χ3n) is 5.09. The second-order valence-electron chi connectivity index (χ2n) is 7.03. The van der Waals surface area contributed by atoms with Crippen molar-refractivity contribution in [3.05, 3.63) is 48.3 Å². The van der Waals surface area contributed by atoms with Gasteiger partial charge in [0.25, 0.3) is 0 Å².